The van der Waals surface area contributed by atoms with Crippen LogP contribution in [0.2, 0.25) is 0 Å². The van der Waals surface area contributed by atoms with Gasteiger partial charge in [-0.05, 0) is 31.1 Å². The van der Waals surface area contributed by atoms with Crippen LogP contribution in [0.3, 0.4) is 0 Å². The Morgan fingerprint density at radius 3 is 2.53 bits per heavy atom. The van der Waals surface area contributed by atoms with Gasteiger partial charge in [0.25, 0.3) is 5.91 Å². The molecule has 2 fully saturated rings. The fraction of sp³-hybridized carbons (Fsp3) is 0.769. The molecule has 0 radical (unpaired) electrons. The molecule has 104 valence electrons. The lowest BCUT2D eigenvalue weighted by Gasteiger charge is -2.51. The molecule has 0 aromatic heterocycles. The number of nitrogens with zero attached hydrogens (tertiary/aromatic N) is 2. The lowest BCUT2D eigenvalue weighted by Crippen LogP contribution is -2.54. The summed E-state index contributed by atoms with van der Waals surface area (Å²) >= 11 is 0. The molecule has 3 rings (SSSR count). The van der Waals surface area contributed by atoms with Crippen molar-refractivity contribution in [2.45, 2.75) is 44.6 Å². The summed E-state index contributed by atoms with van der Waals surface area (Å²) in [4.78, 5) is 25.0. The van der Waals surface area contributed by atoms with Crippen LogP contribution >= 0.6 is 0 Å². The highest BCUT2D eigenvalue weighted by atomic mass is 16.3. The number of hydrogen-bond acceptors (Lipinski definition) is 4. The van der Waals surface area contributed by atoms with Crippen molar-refractivity contribution in [3.05, 3.63) is 0 Å². The van der Waals surface area contributed by atoms with Crippen molar-refractivity contribution in [3.63, 3.8) is 0 Å². The number of carbonyl (C=O) groups excluding carboxylic acids is 2. The van der Waals surface area contributed by atoms with Crippen LogP contribution in [-0.2, 0) is 9.59 Å². The first-order chi connectivity index (χ1) is 9.11. The van der Waals surface area contributed by atoms with E-state index in [1.807, 2.05) is 0 Å². The van der Waals surface area contributed by atoms with E-state index in [0.29, 0.717) is 31.6 Å². The van der Waals surface area contributed by atoms with E-state index in [-0.39, 0.29) is 23.3 Å². The first-order valence-corrected chi connectivity index (χ1v) is 6.93. The van der Waals surface area contributed by atoms with Gasteiger partial charge in [0.15, 0.2) is 0 Å². The molecule has 2 N–H and O–H groups in total. The molecule has 0 aromatic rings. The van der Waals surface area contributed by atoms with E-state index in [0.717, 1.165) is 25.7 Å². The van der Waals surface area contributed by atoms with Gasteiger partial charge >= 0.3 is 0 Å². The molecule has 1 aliphatic carbocycles. The molecule has 6 heteroatoms. The van der Waals surface area contributed by atoms with Gasteiger partial charge in [-0.25, -0.2) is 5.43 Å². The van der Waals surface area contributed by atoms with Crippen molar-refractivity contribution in [1.29, 1.82) is 0 Å². The molecule has 1 saturated carbocycles. The number of hydrazone groups is 1. The maximum absolute atomic E-state index is 12.2. The fourth-order valence-corrected chi connectivity index (χ4v) is 3.23. The molecule has 6 nitrogen and oxygen atoms in total. The van der Waals surface area contributed by atoms with Gasteiger partial charge in [0.2, 0.25) is 5.91 Å². The van der Waals surface area contributed by atoms with Crippen LogP contribution < -0.4 is 5.43 Å². The Labute approximate surface area is 111 Å². The summed E-state index contributed by atoms with van der Waals surface area (Å²) in [5.41, 5.74) is 2.88. The van der Waals surface area contributed by atoms with Gasteiger partial charge in [0, 0.05) is 25.9 Å². The number of carbonyl (C=O) groups is 2. The second-order valence-corrected chi connectivity index (χ2v) is 5.80. The lowest BCUT2D eigenvalue weighted by molar-refractivity contribution is -0.134. The molecule has 3 aliphatic rings. The summed E-state index contributed by atoms with van der Waals surface area (Å²) in [5.74, 6) is -0.199. The first-order valence-electron chi connectivity index (χ1n) is 6.93. The molecular formula is C13H19N3O3. The second kappa shape index (κ2) is 4.59. The summed E-state index contributed by atoms with van der Waals surface area (Å²) in [6.07, 6.45) is 4.30. The lowest BCUT2D eigenvalue weighted by atomic mass is 9.61. The quantitative estimate of drug-likeness (QED) is 0.701. The van der Waals surface area contributed by atoms with Gasteiger partial charge in [-0.3, -0.25) is 9.59 Å². The van der Waals surface area contributed by atoms with Crippen molar-refractivity contribution in [2.75, 3.05) is 13.1 Å². The minimum atomic E-state index is -0.184. The van der Waals surface area contributed by atoms with Crippen LogP contribution in [0, 0.1) is 5.41 Å². The Kier molecular flexibility index (Phi) is 3.05. The number of hydrogen-bond donors (Lipinski definition) is 2. The Hall–Kier alpha value is -1.43. The van der Waals surface area contributed by atoms with Crippen LogP contribution in [0.15, 0.2) is 5.10 Å². The standard InChI is InChI=1S/C13H19N3O3/c17-10-3-4-13(10)5-7-16(8-6-13)12(19)9-1-2-11(18)15-14-9/h10,17H,1-8H2,(H,15,18). The number of nitrogens with one attached hydrogen (secondary N) is 1. The van der Waals surface area contributed by atoms with E-state index in [2.05, 4.69) is 10.5 Å². The maximum Gasteiger partial charge on any atom is 0.270 e. The molecule has 0 aromatic carbocycles. The number of piperidine rings is 1. The number of aliphatic hydroxyl groups excluding tert-OH is 1. The van der Waals surface area contributed by atoms with Crippen LogP contribution in [0.1, 0.15) is 38.5 Å². The van der Waals surface area contributed by atoms with E-state index in [4.69, 9.17) is 0 Å². The second-order valence-electron chi connectivity index (χ2n) is 5.80. The largest absolute Gasteiger partial charge is 0.393 e. The van der Waals surface area contributed by atoms with Crippen LogP contribution in [0.4, 0.5) is 0 Å². The topological polar surface area (TPSA) is 82.0 Å². The predicted octanol–water partition coefficient (Wildman–Crippen LogP) is 0.0159. The molecule has 0 bridgehead atoms. The highest BCUT2D eigenvalue weighted by Gasteiger charge is 2.48. The van der Waals surface area contributed by atoms with Gasteiger partial charge in [0.05, 0.1) is 6.10 Å². The van der Waals surface area contributed by atoms with Crippen LogP contribution in [0.5, 0.6) is 0 Å². The minimum Gasteiger partial charge on any atom is -0.393 e. The van der Waals surface area contributed by atoms with E-state index in [1.165, 1.54) is 0 Å². The third-order valence-electron chi connectivity index (χ3n) is 4.82. The number of likely N-dealkylation sites (tertiary alicyclic amines) is 1. The molecule has 1 spiro atoms. The molecule has 2 heterocycles. The zero-order chi connectivity index (χ0) is 13.5. The van der Waals surface area contributed by atoms with E-state index in [1.54, 1.807) is 4.90 Å². The highest BCUT2D eigenvalue weighted by Crippen LogP contribution is 2.49. The third kappa shape index (κ3) is 2.14. The van der Waals surface area contributed by atoms with E-state index in [9.17, 15) is 14.7 Å². The van der Waals surface area contributed by atoms with Gasteiger partial charge < -0.3 is 10.0 Å². The van der Waals surface area contributed by atoms with E-state index >= 15 is 0 Å². The molecule has 1 unspecified atom stereocenters. The van der Waals surface area contributed by atoms with Crippen molar-refractivity contribution < 1.29 is 14.7 Å². The molecule has 19 heavy (non-hydrogen) atoms. The summed E-state index contributed by atoms with van der Waals surface area (Å²) in [5, 5.41) is 13.7. The Morgan fingerprint density at radius 2 is 2.05 bits per heavy atom. The molecular weight excluding hydrogens is 246 g/mol. The Morgan fingerprint density at radius 1 is 1.32 bits per heavy atom. The molecule has 2 amide bonds. The van der Waals surface area contributed by atoms with E-state index < -0.39 is 0 Å². The average molecular weight is 265 g/mol. The van der Waals surface area contributed by atoms with Gasteiger partial charge in [-0.15, -0.1) is 0 Å². The maximum atomic E-state index is 12.2. The zero-order valence-electron chi connectivity index (χ0n) is 10.9. The first kappa shape index (κ1) is 12.6. The molecule has 1 atom stereocenters. The van der Waals surface area contributed by atoms with Gasteiger partial charge in [-0.1, -0.05) is 0 Å². The number of aliphatic hydroxyl groups is 1. The monoisotopic (exact) mass is 265 g/mol. The van der Waals surface area contributed by atoms with Crippen molar-refractivity contribution in [3.8, 4) is 0 Å². The highest BCUT2D eigenvalue weighted by molar-refractivity contribution is 6.39. The zero-order valence-corrected chi connectivity index (χ0v) is 10.9. The molecule has 1 saturated heterocycles. The normalized spacial score (nSPS) is 29.5. The SMILES string of the molecule is O=C1CCC(C(=O)N2CCC3(CCC3O)CC2)=NN1. The number of rotatable bonds is 1. The summed E-state index contributed by atoms with van der Waals surface area (Å²) in [7, 11) is 0. The number of amides is 2. The fourth-order valence-electron chi connectivity index (χ4n) is 3.23. The average Bonchev–Trinajstić information content (AvgIpc) is 2.46. The van der Waals surface area contributed by atoms with Crippen molar-refractivity contribution in [1.82, 2.24) is 10.3 Å². The van der Waals surface area contributed by atoms with Gasteiger partial charge in [-0.2, -0.15) is 5.10 Å². The third-order valence-corrected chi connectivity index (χ3v) is 4.82. The smallest absolute Gasteiger partial charge is 0.270 e. The predicted molar refractivity (Wildman–Crippen MR) is 68.3 cm³/mol. The van der Waals surface area contributed by atoms with Crippen molar-refractivity contribution >= 4 is 17.5 Å². The van der Waals surface area contributed by atoms with Gasteiger partial charge in [0.1, 0.15) is 5.71 Å². The Bertz CT molecular complexity index is 438. The Balaban J connectivity index is 1.59. The minimum absolute atomic E-state index is 0.0661. The molecule has 2 aliphatic heterocycles. The van der Waals surface area contributed by atoms with Crippen molar-refractivity contribution in [2.24, 2.45) is 10.5 Å². The summed E-state index contributed by atoms with van der Waals surface area (Å²) in [6, 6.07) is 0. The van der Waals surface area contributed by atoms with Crippen LogP contribution in [-0.4, -0.2) is 46.7 Å². The summed E-state index contributed by atoms with van der Waals surface area (Å²) in [6.45, 7) is 1.37. The van der Waals surface area contributed by atoms with Crippen LogP contribution in [0.25, 0.3) is 0 Å². The summed E-state index contributed by atoms with van der Waals surface area (Å²) < 4.78 is 0.